The summed E-state index contributed by atoms with van der Waals surface area (Å²) in [5.74, 6) is -0.337. The van der Waals surface area contributed by atoms with Crippen molar-refractivity contribution in [2.45, 2.75) is 24.2 Å². The molecule has 0 saturated carbocycles. The van der Waals surface area contributed by atoms with Crippen LogP contribution in [0.1, 0.15) is 29.6 Å². The van der Waals surface area contributed by atoms with Gasteiger partial charge in [0.25, 0.3) is 5.91 Å². The van der Waals surface area contributed by atoms with E-state index in [0.717, 1.165) is 19.1 Å². The molecule has 0 spiro atoms. The van der Waals surface area contributed by atoms with Gasteiger partial charge in [-0.2, -0.15) is 0 Å². The lowest BCUT2D eigenvalue weighted by molar-refractivity contribution is 0.0952. The van der Waals surface area contributed by atoms with Crippen LogP contribution in [-0.4, -0.2) is 38.8 Å². The smallest absolute Gasteiger partial charge is 0.251 e. The third-order valence-corrected chi connectivity index (χ3v) is 4.29. The number of aliphatic hydroxyl groups excluding tert-OH is 1. The van der Waals surface area contributed by atoms with Crippen LogP contribution in [-0.2, 0) is 9.84 Å². The molecule has 20 heavy (non-hydrogen) atoms. The summed E-state index contributed by atoms with van der Waals surface area (Å²) in [7, 11) is -3.46. The van der Waals surface area contributed by atoms with Gasteiger partial charge in [0.15, 0.2) is 9.84 Å². The maximum atomic E-state index is 11.9. The largest absolute Gasteiger partial charge is 0.396 e. The Labute approximate surface area is 123 Å². The van der Waals surface area contributed by atoms with Crippen molar-refractivity contribution in [3.05, 3.63) is 28.8 Å². The van der Waals surface area contributed by atoms with Gasteiger partial charge in [-0.15, -0.1) is 0 Å². The van der Waals surface area contributed by atoms with Gasteiger partial charge in [-0.3, -0.25) is 4.79 Å². The molecule has 0 saturated heterocycles. The number of sulfone groups is 1. The third-order valence-electron chi connectivity index (χ3n) is 2.71. The molecular weight excluding hydrogens is 302 g/mol. The molecule has 0 aliphatic carbocycles. The predicted molar refractivity (Wildman–Crippen MR) is 77.8 cm³/mol. The topological polar surface area (TPSA) is 83.5 Å². The number of rotatable bonds is 7. The van der Waals surface area contributed by atoms with Crippen molar-refractivity contribution in [1.82, 2.24) is 5.32 Å². The SMILES string of the molecule is CS(=O)(=O)c1cc(C(=O)NCCCCCO)ccc1Cl. The molecular formula is C13H18ClNO4S. The van der Waals surface area contributed by atoms with E-state index in [2.05, 4.69) is 5.32 Å². The van der Waals surface area contributed by atoms with Crippen molar-refractivity contribution in [2.75, 3.05) is 19.4 Å². The van der Waals surface area contributed by atoms with E-state index in [9.17, 15) is 13.2 Å². The fourth-order valence-electron chi connectivity index (χ4n) is 1.65. The van der Waals surface area contributed by atoms with Gasteiger partial charge in [0, 0.05) is 25.0 Å². The molecule has 112 valence electrons. The summed E-state index contributed by atoms with van der Waals surface area (Å²) in [6.07, 6.45) is 3.34. The second-order valence-corrected chi connectivity index (χ2v) is 6.85. The molecule has 1 rings (SSSR count). The lowest BCUT2D eigenvalue weighted by atomic mass is 10.2. The molecule has 0 unspecified atom stereocenters. The molecule has 5 nitrogen and oxygen atoms in total. The lowest BCUT2D eigenvalue weighted by Crippen LogP contribution is -2.24. The van der Waals surface area contributed by atoms with Gasteiger partial charge >= 0.3 is 0 Å². The molecule has 0 fully saturated rings. The number of halogens is 1. The molecule has 0 radical (unpaired) electrons. The summed E-state index contributed by atoms with van der Waals surface area (Å²) in [5.41, 5.74) is 0.261. The van der Waals surface area contributed by atoms with Gasteiger partial charge < -0.3 is 10.4 Å². The van der Waals surface area contributed by atoms with E-state index in [1.165, 1.54) is 18.2 Å². The van der Waals surface area contributed by atoms with Crippen LogP contribution in [0.15, 0.2) is 23.1 Å². The fourth-order valence-corrected chi connectivity index (χ4v) is 2.95. The van der Waals surface area contributed by atoms with E-state index < -0.39 is 9.84 Å². The van der Waals surface area contributed by atoms with E-state index in [0.29, 0.717) is 13.0 Å². The Morgan fingerprint density at radius 3 is 2.60 bits per heavy atom. The normalized spacial score (nSPS) is 11.3. The highest BCUT2D eigenvalue weighted by molar-refractivity contribution is 7.90. The van der Waals surface area contributed by atoms with Gasteiger partial charge in [0.1, 0.15) is 0 Å². The molecule has 1 amide bonds. The minimum absolute atomic E-state index is 0.0490. The number of carbonyl (C=O) groups excluding carboxylic acids is 1. The van der Waals surface area contributed by atoms with Gasteiger partial charge in [-0.1, -0.05) is 11.6 Å². The van der Waals surface area contributed by atoms with Crippen molar-refractivity contribution in [3.63, 3.8) is 0 Å². The minimum atomic E-state index is -3.46. The first kappa shape index (κ1) is 16.9. The highest BCUT2D eigenvalue weighted by atomic mass is 35.5. The van der Waals surface area contributed by atoms with Gasteiger partial charge in [-0.05, 0) is 37.5 Å². The van der Waals surface area contributed by atoms with E-state index in [1.54, 1.807) is 0 Å². The molecule has 0 aliphatic rings. The van der Waals surface area contributed by atoms with Crippen LogP contribution < -0.4 is 5.32 Å². The van der Waals surface area contributed by atoms with E-state index in [4.69, 9.17) is 16.7 Å². The highest BCUT2D eigenvalue weighted by Gasteiger charge is 2.15. The Bertz CT molecular complexity index is 572. The van der Waals surface area contributed by atoms with Crippen LogP contribution in [0.3, 0.4) is 0 Å². The molecule has 2 N–H and O–H groups in total. The number of hydrogen-bond donors (Lipinski definition) is 2. The van der Waals surface area contributed by atoms with Crippen LogP contribution in [0.2, 0.25) is 5.02 Å². The molecule has 0 aliphatic heterocycles. The van der Waals surface area contributed by atoms with Crippen molar-refractivity contribution in [2.24, 2.45) is 0 Å². The first-order chi connectivity index (χ1) is 9.36. The Morgan fingerprint density at radius 2 is 2.00 bits per heavy atom. The van der Waals surface area contributed by atoms with Gasteiger partial charge in [-0.25, -0.2) is 8.42 Å². The zero-order valence-electron chi connectivity index (χ0n) is 11.2. The molecule has 1 aromatic carbocycles. The first-order valence-electron chi connectivity index (χ1n) is 6.25. The number of aliphatic hydroxyl groups is 1. The van der Waals surface area contributed by atoms with Crippen molar-refractivity contribution < 1.29 is 18.3 Å². The molecule has 7 heteroatoms. The van der Waals surface area contributed by atoms with Crippen LogP contribution >= 0.6 is 11.6 Å². The van der Waals surface area contributed by atoms with Crippen LogP contribution in [0.5, 0.6) is 0 Å². The number of carbonyl (C=O) groups is 1. The fraction of sp³-hybridized carbons (Fsp3) is 0.462. The molecule has 0 heterocycles. The maximum Gasteiger partial charge on any atom is 0.251 e. The van der Waals surface area contributed by atoms with Crippen molar-refractivity contribution in [1.29, 1.82) is 0 Å². The minimum Gasteiger partial charge on any atom is -0.396 e. The standard InChI is InChI=1S/C13H18ClNO4S/c1-20(18,19)12-9-10(5-6-11(12)14)13(17)15-7-3-2-4-8-16/h5-6,9,16H,2-4,7-8H2,1H3,(H,15,17). The number of amides is 1. The lowest BCUT2D eigenvalue weighted by Gasteiger charge is -2.07. The zero-order chi connectivity index (χ0) is 15.2. The quantitative estimate of drug-likeness (QED) is 0.748. The van der Waals surface area contributed by atoms with Crippen LogP contribution in [0, 0.1) is 0 Å². The van der Waals surface area contributed by atoms with Crippen molar-refractivity contribution in [3.8, 4) is 0 Å². The second kappa shape index (κ2) is 7.61. The van der Waals surface area contributed by atoms with Gasteiger partial charge in [0.05, 0.1) is 9.92 Å². The molecule has 0 atom stereocenters. The molecule has 0 aromatic heterocycles. The van der Waals surface area contributed by atoms with E-state index in [-0.39, 0.29) is 28.0 Å². The zero-order valence-corrected chi connectivity index (χ0v) is 12.8. The number of nitrogens with one attached hydrogen (secondary N) is 1. The average Bonchev–Trinajstić information content (AvgIpc) is 2.37. The summed E-state index contributed by atoms with van der Waals surface area (Å²) in [6.45, 7) is 0.624. The number of unbranched alkanes of at least 4 members (excludes halogenated alkanes) is 2. The summed E-state index contributed by atoms with van der Waals surface area (Å²) in [4.78, 5) is 11.8. The molecule has 1 aromatic rings. The number of hydrogen-bond acceptors (Lipinski definition) is 4. The highest BCUT2D eigenvalue weighted by Crippen LogP contribution is 2.22. The Balaban J connectivity index is 2.70. The Kier molecular flexibility index (Phi) is 6.45. The Morgan fingerprint density at radius 1 is 1.30 bits per heavy atom. The van der Waals surface area contributed by atoms with E-state index >= 15 is 0 Å². The molecule has 0 bridgehead atoms. The number of benzene rings is 1. The van der Waals surface area contributed by atoms with Crippen LogP contribution in [0.25, 0.3) is 0 Å². The monoisotopic (exact) mass is 319 g/mol. The summed E-state index contributed by atoms with van der Waals surface area (Å²) in [5, 5.41) is 11.4. The third kappa shape index (κ3) is 5.11. The van der Waals surface area contributed by atoms with E-state index in [1.807, 2.05) is 0 Å². The first-order valence-corrected chi connectivity index (χ1v) is 8.52. The summed E-state index contributed by atoms with van der Waals surface area (Å²) in [6, 6.07) is 4.17. The second-order valence-electron chi connectivity index (χ2n) is 4.46. The maximum absolute atomic E-state index is 11.9. The van der Waals surface area contributed by atoms with Gasteiger partial charge in [0.2, 0.25) is 0 Å². The predicted octanol–water partition coefficient (Wildman–Crippen LogP) is 1.64. The average molecular weight is 320 g/mol. The summed E-state index contributed by atoms with van der Waals surface area (Å²) < 4.78 is 23.0. The summed E-state index contributed by atoms with van der Waals surface area (Å²) >= 11 is 5.81. The van der Waals surface area contributed by atoms with Crippen molar-refractivity contribution >= 4 is 27.3 Å². The van der Waals surface area contributed by atoms with Crippen LogP contribution in [0.4, 0.5) is 0 Å². The Hall–Kier alpha value is -1.11.